The lowest BCUT2D eigenvalue weighted by molar-refractivity contribution is -0.121. The van der Waals surface area contributed by atoms with Crippen molar-refractivity contribution in [1.82, 2.24) is 5.32 Å². The lowest BCUT2D eigenvalue weighted by Gasteiger charge is -2.22. The number of benzene rings is 2. The van der Waals surface area contributed by atoms with E-state index in [1.165, 1.54) is 4.31 Å². The number of amides is 1. The third-order valence-corrected chi connectivity index (χ3v) is 7.30. The molecule has 0 saturated heterocycles. The molecule has 0 fully saturated rings. The van der Waals surface area contributed by atoms with Crippen molar-refractivity contribution in [3.05, 3.63) is 63.1 Å². The van der Waals surface area contributed by atoms with E-state index in [4.69, 9.17) is 34.8 Å². The summed E-state index contributed by atoms with van der Waals surface area (Å²) in [7, 11) is -3.45. The topological polar surface area (TPSA) is 66.5 Å². The summed E-state index contributed by atoms with van der Waals surface area (Å²) in [6, 6.07) is 12.0. The molecule has 0 aliphatic rings. The molecule has 0 aromatic heterocycles. The van der Waals surface area contributed by atoms with E-state index >= 15 is 0 Å². The molecular formula is C20H23Cl3N2O3S2. The zero-order chi connectivity index (χ0) is 22.1. The molecule has 2 aromatic rings. The molecule has 10 heteroatoms. The molecule has 0 radical (unpaired) electrons. The van der Waals surface area contributed by atoms with Gasteiger partial charge in [-0.25, -0.2) is 8.42 Å². The SMILES string of the molecule is CS(=O)(=O)N(CCCC(=O)NCCSCc1c(Cl)cccc1Cl)c1ccc(Cl)cc1. The first-order chi connectivity index (χ1) is 14.2. The van der Waals surface area contributed by atoms with E-state index in [2.05, 4.69) is 5.32 Å². The Labute approximate surface area is 197 Å². The van der Waals surface area contributed by atoms with Crippen LogP contribution in [-0.4, -0.2) is 39.4 Å². The van der Waals surface area contributed by atoms with E-state index in [1.54, 1.807) is 54.2 Å². The number of carbonyl (C=O) groups excluding carboxylic acids is 1. The minimum absolute atomic E-state index is 0.115. The summed E-state index contributed by atoms with van der Waals surface area (Å²) in [4.78, 5) is 12.0. The molecule has 0 aliphatic carbocycles. The van der Waals surface area contributed by atoms with Crippen molar-refractivity contribution in [3.8, 4) is 0 Å². The first kappa shape index (κ1) is 25.1. The quantitative estimate of drug-likeness (QED) is 0.421. The van der Waals surface area contributed by atoms with E-state index < -0.39 is 10.0 Å². The molecule has 0 spiro atoms. The zero-order valence-electron chi connectivity index (χ0n) is 16.4. The maximum Gasteiger partial charge on any atom is 0.232 e. The second-order valence-corrected chi connectivity index (χ2v) is 10.8. The summed E-state index contributed by atoms with van der Waals surface area (Å²) in [6.07, 6.45) is 1.79. The van der Waals surface area contributed by atoms with Crippen LogP contribution in [0, 0.1) is 0 Å². The van der Waals surface area contributed by atoms with Crippen molar-refractivity contribution in [2.75, 3.05) is 29.4 Å². The molecule has 0 atom stereocenters. The van der Waals surface area contributed by atoms with Crippen LogP contribution in [0.4, 0.5) is 5.69 Å². The van der Waals surface area contributed by atoms with Gasteiger partial charge in [-0.1, -0.05) is 40.9 Å². The lowest BCUT2D eigenvalue weighted by Crippen LogP contribution is -2.32. The van der Waals surface area contributed by atoms with Gasteiger partial charge in [-0.15, -0.1) is 0 Å². The number of anilines is 1. The summed E-state index contributed by atoms with van der Waals surface area (Å²) >= 11 is 19.8. The Morgan fingerprint density at radius 2 is 1.70 bits per heavy atom. The first-order valence-electron chi connectivity index (χ1n) is 9.19. The fourth-order valence-corrected chi connectivity index (χ4v) is 5.36. The number of sulfonamides is 1. The van der Waals surface area contributed by atoms with Gasteiger partial charge in [0, 0.05) is 46.1 Å². The number of nitrogens with zero attached hydrogens (tertiary/aromatic N) is 1. The molecule has 1 amide bonds. The van der Waals surface area contributed by atoms with Crippen molar-refractivity contribution >= 4 is 68.2 Å². The van der Waals surface area contributed by atoms with Gasteiger partial charge in [-0.05, 0) is 48.4 Å². The van der Waals surface area contributed by atoms with E-state index in [0.717, 1.165) is 11.8 Å². The predicted molar refractivity (Wildman–Crippen MR) is 129 cm³/mol. The van der Waals surface area contributed by atoms with Gasteiger partial charge in [-0.3, -0.25) is 9.10 Å². The van der Waals surface area contributed by atoms with Gasteiger partial charge in [0.2, 0.25) is 15.9 Å². The fourth-order valence-electron chi connectivity index (χ4n) is 2.67. The third kappa shape index (κ3) is 8.19. The van der Waals surface area contributed by atoms with Crippen LogP contribution < -0.4 is 9.62 Å². The van der Waals surface area contributed by atoms with Gasteiger partial charge in [0.25, 0.3) is 0 Å². The highest BCUT2D eigenvalue weighted by atomic mass is 35.5. The summed E-state index contributed by atoms with van der Waals surface area (Å²) in [5, 5.41) is 4.64. The Balaban J connectivity index is 1.71. The van der Waals surface area contributed by atoms with Crippen LogP contribution in [0.3, 0.4) is 0 Å². The molecule has 164 valence electrons. The maximum absolute atomic E-state index is 12.1. The summed E-state index contributed by atoms with van der Waals surface area (Å²) < 4.78 is 25.4. The molecule has 0 bridgehead atoms. The van der Waals surface area contributed by atoms with E-state index in [1.807, 2.05) is 0 Å². The van der Waals surface area contributed by atoms with Crippen LogP contribution >= 0.6 is 46.6 Å². The number of rotatable bonds is 11. The van der Waals surface area contributed by atoms with Crippen LogP contribution in [0.25, 0.3) is 0 Å². The molecule has 30 heavy (non-hydrogen) atoms. The first-order valence-corrected chi connectivity index (χ1v) is 13.3. The van der Waals surface area contributed by atoms with Gasteiger partial charge in [0.05, 0.1) is 11.9 Å². The average molecular weight is 510 g/mol. The second kappa shape index (κ2) is 12.1. The molecule has 2 aromatic carbocycles. The Morgan fingerprint density at radius 3 is 2.30 bits per heavy atom. The summed E-state index contributed by atoms with van der Waals surface area (Å²) in [6.45, 7) is 0.728. The highest BCUT2D eigenvalue weighted by Crippen LogP contribution is 2.28. The minimum atomic E-state index is -3.45. The smallest absolute Gasteiger partial charge is 0.232 e. The van der Waals surface area contributed by atoms with Crippen molar-refractivity contribution in [2.24, 2.45) is 0 Å². The molecule has 0 saturated carbocycles. The Bertz CT molecular complexity index is 934. The summed E-state index contributed by atoms with van der Waals surface area (Å²) in [5.74, 6) is 1.27. The van der Waals surface area contributed by atoms with Crippen molar-refractivity contribution in [1.29, 1.82) is 0 Å². The van der Waals surface area contributed by atoms with Gasteiger partial charge in [0.15, 0.2) is 0 Å². The van der Waals surface area contributed by atoms with Crippen LogP contribution in [0.15, 0.2) is 42.5 Å². The molecule has 1 N–H and O–H groups in total. The van der Waals surface area contributed by atoms with Gasteiger partial charge >= 0.3 is 0 Å². The minimum Gasteiger partial charge on any atom is -0.355 e. The van der Waals surface area contributed by atoms with Crippen LogP contribution in [0.2, 0.25) is 15.1 Å². The third-order valence-electron chi connectivity index (χ3n) is 4.16. The Kier molecular flexibility index (Phi) is 10.1. The van der Waals surface area contributed by atoms with Gasteiger partial charge in [-0.2, -0.15) is 11.8 Å². The zero-order valence-corrected chi connectivity index (χ0v) is 20.3. The van der Waals surface area contributed by atoms with Crippen LogP contribution in [0.1, 0.15) is 18.4 Å². The normalized spacial score (nSPS) is 11.3. The fraction of sp³-hybridized carbons (Fsp3) is 0.350. The molecular weight excluding hydrogens is 487 g/mol. The highest BCUT2D eigenvalue weighted by Gasteiger charge is 2.17. The maximum atomic E-state index is 12.1. The Hall–Kier alpha value is -1.12. The van der Waals surface area contributed by atoms with E-state index in [9.17, 15) is 13.2 Å². The molecule has 2 rings (SSSR count). The standard InChI is InChI=1S/C20H23Cl3N2O3S2/c1-30(27,28)25(16-9-7-15(21)8-10-16)12-3-6-20(26)24-11-13-29-14-17-18(22)4-2-5-19(17)23/h2,4-5,7-10H,3,6,11-14H2,1H3,(H,24,26). The number of halogens is 3. The number of carbonyl (C=O) groups is 1. The van der Waals surface area contributed by atoms with Crippen molar-refractivity contribution in [3.63, 3.8) is 0 Å². The number of nitrogens with one attached hydrogen (secondary N) is 1. The summed E-state index contributed by atoms with van der Waals surface area (Å²) in [5.41, 5.74) is 1.41. The van der Waals surface area contributed by atoms with Gasteiger partial charge in [0.1, 0.15) is 0 Å². The molecule has 5 nitrogen and oxygen atoms in total. The predicted octanol–water partition coefficient (Wildman–Crippen LogP) is 5.24. The second-order valence-electron chi connectivity index (χ2n) is 6.52. The molecule has 0 unspecified atom stereocenters. The van der Waals surface area contributed by atoms with Crippen molar-refractivity contribution in [2.45, 2.75) is 18.6 Å². The molecule has 0 aliphatic heterocycles. The monoisotopic (exact) mass is 508 g/mol. The highest BCUT2D eigenvalue weighted by molar-refractivity contribution is 7.98. The lowest BCUT2D eigenvalue weighted by atomic mass is 10.2. The number of thioether (sulfide) groups is 1. The molecule has 0 heterocycles. The largest absolute Gasteiger partial charge is 0.355 e. The Morgan fingerprint density at radius 1 is 1.07 bits per heavy atom. The van der Waals surface area contributed by atoms with Crippen molar-refractivity contribution < 1.29 is 13.2 Å². The number of hydrogen-bond acceptors (Lipinski definition) is 4. The van der Waals surface area contributed by atoms with Crippen LogP contribution in [-0.2, 0) is 20.6 Å². The number of hydrogen-bond donors (Lipinski definition) is 1. The van der Waals surface area contributed by atoms with E-state index in [-0.39, 0.29) is 18.9 Å². The van der Waals surface area contributed by atoms with E-state index in [0.29, 0.717) is 45.2 Å². The van der Waals surface area contributed by atoms with Crippen LogP contribution in [0.5, 0.6) is 0 Å². The average Bonchev–Trinajstić information content (AvgIpc) is 2.67. The van der Waals surface area contributed by atoms with Gasteiger partial charge < -0.3 is 5.32 Å².